The second kappa shape index (κ2) is 8.07. The lowest BCUT2D eigenvalue weighted by Gasteiger charge is -2.26. The minimum Gasteiger partial charge on any atom is -0.478 e. The number of aryl methyl sites for hydroxylation is 1. The molecule has 3 N–H and O–H groups in total. The number of ether oxygens (including phenoxy) is 1. The van der Waals surface area contributed by atoms with Crippen LogP contribution in [0.25, 0.3) is 0 Å². The summed E-state index contributed by atoms with van der Waals surface area (Å²) in [5.74, 6) is 1.18. The van der Waals surface area contributed by atoms with Gasteiger partial charge in [-0.05, 0) is 38.0 Å². The molecule has 2 atom stereocenters. The molecule has 2 aromatic rings. The van der Waals surface area contributed by atoms with Gasteiger partial charge in [-0.3, -0.25) is 4.79 Å². The Morgan fingerprint density at radius 1 is 1.41 bits per heavy atom. The van der Waals surface area contributed by atoms with E-state index in [4.69, 9.17) is 4.74 Å². The van der Waals surface area contributed by atoms with Gasteiger partial charge in [0, 0.05) is 6.54 Å². The third-order valence-electron chi connectivity index (χ3n) is 4.49. The van der Waals surface area contributed by atoms with Crippen molar-refractivity contribution in [3.05, 3.63) is 35.9 Å². The molecule has 0 bridgehead atoms. The summed E-state index contributed by atoms with van der Waals surface area (Å²) in [6.45, 7) is 6.80. The summed E-state index contributed by atoms with van der Waals surface area (Å²) in [5.41, 5.74) is 1.52. The summed E-state index contributed by atoms with van der Waals surface area (Å²) in [6.07, 6.45) is 1.73. The van der Waals surface area contributed by atoms with Crippen LogP contribution in [0.2, 0.25) is 0 Å². The van der Waals surface area contributed by atoms with Crippen molar-refractivity contribution in [1.82, 2.24) is 25.4 Å². The zero-order valence-electron chi connectivity index (χ0n) is 15.7. The van der Waals surface area contributed by atoms with Crippen LogP contribution in [0.4, 0.5) is 10.5 Å². The number of hydrogen-bond acceptors (Lipinski definition) is 5. The zero-order valence-corrected chi connectivity index (χ0v) is 15.7. The van der Waals surface area contributed by atoms with Gasteiger partial charge in [0.25, 0.3) is 5.91 Å². The van der Waals surface area contributed by atoms with E-state index >= 15 is 0 Å². The molecule has 9 nitrogen and oxygen atoms in total. The molecular weight excluding hydrogens is 348 g/mol. The molecule has 0 unspecified atom stereocenters. The van der Waals surface area contributed by atoms with E-state index in [0.29, 0.717) is 30.2 Å². The van der Waals surface area contributed by atoms with Gasteiger partial charge in [-0.15, -0.1) is 10.2 Å². The van der Waals surface area contributed by atoms with Crippen LogP contribution in [-0.2, 0) is 17.9 Å². The summed E-state index contributed by atoms with van der Waals surface area (Å²) >= 11 is 0. The van der Waals surface area contributed by atoms with Crippen LogP contribution in [0.1, 0.15) is 44.6 Å². The number of urea groups is 1. The molecule has 1 aromatic carbocycles. The highest BCUT2D eigenvalue weighted by Crippen LogP contribution is 2.32. The Morgan fingerprint density at radius 3 is 2.96 bits per heavy atom. The fourth-order valence-electron chi connectivity index (χ4n) is 2.87. The van der Waals surface area contributed by atoms with E-state index in [9.17, 15) is 9.59 Å². The topological polar surface area (TPSA) is 110 Å². The highest BCUT2D eigenvalue weighted by molar-refractivity contribution is 5.97. The van der Waals surface area contributed by atoms with Crippen LogP contribution in [0.5, 0.6) is 5.75 Å². The fraction of sp³-hybridized carbons (Fsp3) is 0.444. The smallest absolute Gasteiger partial charge is 0.315 e. The molecule has 0 saturated heterocycles. The lowest BCUT2D eigenvalue weighted by Crippen LogP contribution is -2.38. The minimum absolute atomic E-state index is 0.136. The Bertz CT molecular complexity index is 834. The first-order chi connectivity index (χ1) is 13.0. The molecule has 144 valence electrons. The number of benzene rings is 1. The average Bonchev–Trinajstić information content (AvgIpc) is 3.13. The second-order valence-electron chi connectivity index (χ2n) is 6.34. The third-order valence-corrected chi connectivity index (χ3v) is 4.49. The van der Waals surface area contributed by atoms with Crippen molar-refractivity contribution in [1.29, 1.82) is 0 Å². The van der Waals surface area contributed by atoms with Crippen LogP contribution in [0.15, 0.2) is 24.5 Å². The first-order valence-electron chi connectivity index (χ1n) is 9.04. The molecule has 0 aliphatic carbocycles. The van der Waals surface area contributed by atoms with Crippen molar-refractivity contribution < 1.29 is 14.3 Å². The minimum atomic E-state index is -0.491. The van der Waals surface area contributed by atoms with Gasteiger partial charge in [-0.25, -0.2) is 4.79 Å². The van der Waals surface area contributed by atoms with E-state index in [1.165, 1.54) is 0 Å². The van der Waals surface area contributed by atoms with E-state index in [-0.39, 0.29) is 18.0 Å². The van der Waals surface area contributed by atoms with E-state index in [0.717, 1.165) is 12.1 Å². The molecule has 0 spiro atoms. The number of fused-ring (bicyclic) bond motifs is 1. The van der Waals surface area contributed by atoms with Crippen LogP contribution < -0.4 is 20.7 Å². The van der Waals surface area contributed by atoms with Crippen molar-refractivity contribution in [3.63, 3.8) is 0 Å². The number of carbonyl (C=O) groups is 2. The second-order valence-corrected chi connectivity index (χ2v) is 6.34. The van der Waals surface area contributed by atoms with Crippen molar-refractivity contribution in [2.45, 2.75) is 52.4 Å². The monoisotopic (exact) mass is 372 g/mol. The molecule has 1 aliphatic rings. The molecule has 27 heavy (non-hydrogen) atoms. The van der Waals surface area contributed by atoms with Gasteiger partial charge in [0.05, 0.1) is 18.3 Å². The van der Waals surface area contributed by atoms with E-state index < -0.39 is 6.10 Å². The van der Waals surface area contributed by atoms with Gasteiger partial charge in [0.1, 0.15) is 12.1 Å². The summed E-state index contributed by atoms with van der Waals surface area (Å²) in [4.78, 5) is 24.0. The Hall–Kier alpha value is -3.10. The number of nitrogens with one attached hydrogen (secondary N) is 3. The van der Waals surface area contributed by atoms with Crippen molar-refractivity contribution in [2.75, 3.05) is 5.32 Å². The van der Waals surface area contributed by atoms with Crippen LogP contribution in [0.3, 0.4) is 0 Å². The molecule has 2 heterocycles. The standard InChI is InChI=1S/C18H24N6O3/c1-4-14-17(25)22-13-7-6-12(8-15(13)27-14)11(3)21-18(26)19-9-16-23-20-10-24(16)5-2/h6-8,10-11,14H,4-5,9H2,1-3H3,(H,22,25)(H2,19,21,26)/t11-,14-/m0/s1. The van der Waals surface area contributed by atoms with Crippen LogP contribution >= 0.6 is 0 Å². The maximum atomic E-state index is 12.2. The largest absolute Gasteiger partial charge is 0.478 e. The van der Waals surface area contributed by atoms with Crippen LogP contribution in [0, 0.1) is 0 Å². The first-order valence-corrected chi connectivity index (χ1v) is 9.04. The summed E-state index contributed by atoms with van der Waals surface area (Å²) in [5, 5.41) is 16.3. The van der Waals surface area contributed by atoms with Gasteiger partial charge in [-0.2, -0.15) is 0 Å². The number of hydrogen-bond donors (Lipinski definition) is 3. The van der Waals surface area contributed by atoms with Gasteiger partial charge in [0.15, 0.2) is 11.9 Å². The lowest BCUT2D eigenvalue weighted by molar-refractivity contribution is -0.123. The quantitative estimate of drug-likeness (QED) is 0.718. The van der Waals surface area contributed by atoms with Crippen LogP contribution in [-0.4, -0.2) is 32.8 Å². The van der Waals surface area contributed by atoms with E-state index in [1.807, 2.05) is 37.5 Å². The number of rotatable bonds is 6. The summed E-state index contributed by atoms with van der Waals surface area (Å²) < 4.78 is 7.62. The zero-order chi connectivity index (χ0) is 19.4. The average molecular weight is 372 g/mol. The summed E-state index contributed by atoms with van der Waals surface area (Å²) in [6, 6.07) is 4.95. The van der Waals surface area contributed by atoms with Gasteiger partial charge in [0.2, 0.25) is 0 Å². The molecule has 1 aliphatic heterocycles. The first kappa shape index (κ1) is 18.7. The molecule has 0 saturated carbocycles. The van der Waals surface area contributed by atoms with E-state index in [2.05, 4.69) is 26.1 Å². The summed E-state index contributed by atoms with van der Waals surface area (Å²) in [7, 11) is 0. The molecule has 3 amide bonds. The molecular formula is C18H24N6O3. The van der Waals surface area contributed by atoms with Crippen molar-refractivity contribution in [2.24, 2.45) is 0 Å². The Morgan fingerprint density at radius 2 is 2.22 bits per heavy atom. The molecule has 9 heteroatoms. The van der Waals surface area contributed by atoms with Gasteiger partial charge in [-0.1, -0.05) is 13.0 Å². The normalized spacial score (nSPS) is 16.7. The highest BCUT2D eigenvalue weighted by Gasteiger charge is 2.26. The van der Waals surface area contributed by atoms with Crippen molar-refractivity contribution >= 4 is 17.6 Å². The Balaban J connectivity index is 1.60. The number of carbonyl (C=O) groups excluding carboxylic acids is 2. The molecule has 1 aromatic heterocycles. The molecule has 3 rings (SSSR count). The predicted molar refractivity (Wildman–Crippen MR) is 99.3 cm³/mol. The molecule has 0 radical (unpaired) electrons. The highest BCUT2D eigenvalue weighted by atomic mass is 16.5. The Kier molecular flexibility index (Phi) is 5.58. The number of aromatic nitrogens is 3. The fourth-order valence-corrected chi connectivity index (χ4v) is 2.87. The number of anilines is 1. The molecule has 0 fully saturated rings. The predicted octanol–water partition coefficient (Wildman–Crippen LogP) is 1.97. The van der Waals surface area contributed by atoms with Crippen molar-refractivity contribution in [3.8, 4) is 5.75 Å². The number of nitrogens with zero attached hydrogens (tertiary/aromatic N) is 3. The maximum Gasteiger partial charge on any atom is 0.315 e. The number of amides is 3. The SMILES string of the molecule is CC[C@@H]1Oc2cc([C@H](C)NC(=O)NCc3nncn3CC)ccc2NC1=O. The van der Waals surface area contributed by atoms with E-state index in [1.54, 1.807) is 12.4 Å². The maximum absolute atomic E-state index is 12.2. The van der Waals surface area contributed by atoms with Gasteiger partial charge < -0.3 is 25.3 Å². The van der Waals surface area contributed by atoms with Gasteiger partial charge >= 0.3 is 6.03 Å². The Labute approximate surface area is 157 Å². The lowest BCUT2D eigenvalue weighted by atomic mass is 10.1. The third kappa shape index (κ3) is 4.18.